The van der Waals surface area contributed by atoms with Gasteiger partial charge in [0.25, 0.3) is 5.89 Å². The van der Waals surface area contributed by atoms with Gasteiger partial charge in [-0.25, -0.2) is 4.98 Å². The van der Waals surface area contributed by atoms with Gasteiger partial charge < -0.3 is 9.52 Å². The van der Waals surface area contributed by atoms with Crippen LogP contribution in [0.15, 0.2) is 47.1 Å². The molecule has 0 spiro atoms. The predicted molar refractivity (Wildman–Crippen MR) is 79.3 cm³/mol. The Hall–Kier alpha value is -3.04. The van der Waals surface area contributed by atoms with Gasteiger partial charge in [0.15, 0.2) is 0 Å². The normalized spacial score (nSPS) is 10.0. The van der Waals surface area contributed by atoms with E-state index in [1.807, 2.05) is 30.3 Å². The summed E-state index contributed by atoms with van der Waals surface area (Å²) in [6.07, 6.45) is 3.48. The first-order valence-electron chi connectivity index (χ1n) is 6.68. The van der Waals surface area contributed by atoms with Crippen LogP contribution in [0.5, 0.6) is 0 Å². The Labute approximate surface area is 126 Å². The molecule has 0 aliphatic rings. The van der Waals surface area contributed by atoms with Crippen LogP contribution in [0.3, 0.4) is 0 Å². The molecule has 108 valence electrons. The number of rotatable bonds is 3. The van der Waals surface area contributed by atoms with Crippen molar-refractivity contribution in [3.8, 4) is 34.9 Å². The summed E-state index contributed by atoms with van der Waals surface area (Å²) < 4.78 is 5.62. The number of aliphatic hydroxyl groups excluding tert-OH is 1. The van der Waals surface area contributed by atoms with Gasteiger partial charge in [-0.05, 0) is 18.1 Å². The lowest BCUT2D eigenvalue weighted by Crippen LogP contribution is -1.90. The predicted octanol–water partition coefficient (Wildman–Crippen LogP) is 1.93. The SMILES string of the molecule is OCCC#Cc1cncc(-c2nnc(-c3ccccc3)o2)n1. The van der Waals surface area contributed by atoms with E-state index in [2.05, 4.69) is 32.0 Å². The Morgan fingerprint density at radius 1 is 1.05 bits per heavy atom. The molecular weight excluding hydrogens is 280 g/mol. The van der Waals surface area contributed by atoms with E-state index >= 15 is 0 Å². The molecule has 0 radical (unpaired) electrons. The number of aromatic nitrogens is 4. The minimum atomic E-state index is 0.0181. The third-order valence-electron chi connectivity index (χ3n) is 2.75. The van der Waals surface area contributed by atoms with Crippen molar-refractivity contribution in [1.29, 1.82) is 0 Å². The maximum atomic E-state index is 8.72. The molecule has 0 aliphatic heterocycles. The van der Waals surface area contributed by atoms with Gasteiger partial charge in [0.2, 0.25) is 5.89 Å². The van der Waals surface area contributed by atoms with Gasteiger partial charge in [-0.3, -0.25) is 4.98 Å². The van der Waals surface area contributed by atoms with Crippen LogP contribution in [0.4, 0.5) is 0 Å². The van der Waals surface area contributed by atoms with Crippen LogP contribution in [0.25, 0.3) is 23.0 Å². The molecule has 3 aromatic rings. The first kappa shape index (κ1) is 13.9. The van der Waals surface area contributed by atoms with Crippen LogP contribution >= 0.6 is 0 Å². The lowest BCUT2D eigenvalue weighted by atomic mass is 10.2. The molecule has 0 saturated carbocycles. The molecule has 2 heterocycles. The summed E-state index contributed by atoms with van der Waals surface area (Å²) in [6, 6.07) is 9.49. The highest BCUT2D eigenvalue weighted by molar-refractivity contribution is 5.55. The van der Waals surface area contributed by atoms with Gasteiger partial charge in [-0.1, -0.05) is 24.1 Å². The zero-order valence-electron chi connectivity index (χ0n) is 11.6. The van der Waals surface area contributed by atoms with Crippen LogP contribution in [0, 0.1) is 11.8 Å². The molecule has 22 heavy (non-hydrogen) atoms. The van der Waals surface area contributed by atoms with Crippen molar-refractivity contribution in [3.05, 3.63) is 48.4 Å². The first-order valence-corrected chi connectivity index (χ1v) is 6.68. The van der Waals surface area contributed by atoms with E-state index in [0.717, 1.165) is 5.56 Å². The van der Waals surface area contributed by atoms with E-state index < -0.39 is 0 Å². The summed E-state index contributed by atoms with van der Waals surface area (Å²) in [5.74, 6) is 6.33. The smallest absolute Gasteiger partial charge is 0.268 e. The highest BCUT2D eigenvalue weighted by Crippen LogP contribution is 2.21. The molecule has 6 nitrogen and oxygen atoms in total. The van der Waals surface area contributed by atoms with Crippen molar-refractivity contribution in [1.82, 2.24) is 20.2 Å². The summed E-state index contributed by atoms with van der Waals surface area (Å²) in [5.41, 5.74) is 1.80. The maximum Gasteiger partial charge on any atom is 0.268 e. The molecule has 6 heteroatoms. The third-order valence-corrected chi connectivity index (χ3v) is 2.75. The average molecular weight is 292 g/mol. The fourth-order valence-corrected chi connectivity index (χ4v) is 1.76. The van der Waals surface area contributed by atoms with E-state index in [1.165, 1.54) is 0 Å². The van der Waals surface area contributed by atoms with E-state index in [1.54, 1.807) is 12.4 Å². The van der Waals surface area contributed by atoms with E-state index in [-0.39, 0.29) is 12.5 Å². The molecular formula is C16H12N4O2. The molecule has 0 aliphatic carbocycles. The van der Waals surface area contributed by atoms with Crippen LogP contribution in [0.2, 0.25) is 0 Å². The highest BCUT2D eigenvalue weighted by Gasteiger charge is 2.11. The molecule has 2 aromatic heterocycles. The van der Waals surface area contributed by atoms with Gasteiger partial charge in [0, 0.05) is 12.0 Å². The van der Waals surface area contributed by atoms with Crippen molar-refractivity contribution in [3.63, 3.8) is 0 Å². The molecule has 0 saturated heterocycles. The van der Waals surface area contributed by atoms with Crippen molar-refractivity contribution < 1.29 is 9.52 Å². The van der Waals surface area contributed by atoms with Crippen LogP contribution < -0.4 is 0 Å². The Kier molecular flexibility index (Phi) is 4.18. The van der Waals surface area contributed by atoms with E-state index in [9.17, 15) is 0 Å². The topological polar surface area (TPSA) is 84.9 Å². The highest BCUT2D eigenvalue weighted by atomic mass is 16.4. The largest absolute Gasteiger partial charge is 0.415 e. The Bertz CT molecular complexity index is 819. The van der Waals surface area contributed by atoms with Gasteiger partial charge in [-0.15, -0.1) is 10.2 Å². The first-order chi connectivity index (χ1) is 10.9. The molecule has 1 N–H and O–H groups in total. The lowest BCUT2D eigenvalue weighted by molar-refractivity contribution is 0.305. The summed E-state index contributed by atoms with van der Waals surface area (Å²) in [5, 5.41) is 16.7. The molecule has 0 atom stereocenters. The van der Waals surface area contributed by atoms with E-state index in [0.29, 0.717) is 23.7 Å². The molecule has 3 rings (SSSR count). The zero-order chi connectivity index (χ0) is 15.2. The summed E-state index contributed by atoms with van der Waals surface area (Å²) in [6.45, 7) is 0.0181. The average Bonchev–Trinajstić information content (AvgIpc) is 3.06. The standard InChI is InChI=1S/C16H12N4O2/c21-9-5-4-8-13-10-17-11-14(18-13)16-20-19-15(22-16)12-6-2-1-3-7-12/h1-3,6-7,10-11,21H,5,9H2. The maximum absolute atomic E-state index is 8.72. The minimum Gasteiger partial charge on any atom is -0.415 e. The van der Waals surface area contributed by atoms with Gasteiger partial charge in [0.05, 0.1) is 19.0 Å². The monoisotopic (exact) mass is 292 g/mol. The number of hydrogen-bond acceptors (Lipinski definition) is 6. The van der Waals surface area contributed by atoms with Crippen molar-refractivity contribution in [2.75, 3.05) is 6.61 Å². The number of benzene rings is 1. The van der Waals surface area contributed by atoms with Gasteiger partial charge in [-0.2, -0.15) is 0 Å². The molecule has 0 unspecified atom stereocenters. The van der Waals surface area contributed by atoms with Crippen LogP contribution in [-0.2, 0) is 0 Å². The second kappa shape index (κ2) is 6.61. The quantitative estimate of drug-likeness (QED) is 0.742. The molecule has 0 bridgehead atoms. The Balaban J connectivity index is 1.88. The van der Waals surface area contributed by atoms with Crippen molar-refractivity contribution in [2.24, 2.45) is 0 Å². The summed E-state index contributed by atoms with van der Waals surface area (Å²) >= 11 is 0. The summed E-state index contributed by atoms with van der Waals surface area (Å²) in [4.78, 5) is 8.37. The molecule has 0 amide bonds. The van der Waals surface area contributed by atoms with Gasteiger partial charge in [0.1, 0.15) is 11.4 Å². The van der Waals surface area contributed by atoms with Crippen LogP contribution in [0.1, 0.15) is 12.1 Å². The van der Waals surface area contributed by atoms with Gasteiger partial charge >= 0.3 is 0 Å². The minimum absolute atomic E-state index is 0.0181. The molecule has 1 aromatic carbocycles. The number of hydrogen-bond donors (Lipinski definition) is 1. The fourth-order valence-electron chi connectivity index (χ4n) is 1.76. The number of nitrogens with zero attached hydrogens (tertiary/aromatic N) is 4. The lowest BCUT2D eigenvalue weighted by Gasteiger charge is -1.95. The zero-order valence-corrected chi connectivity index (χ0v) is 11.6. The second-order valence-electron chi connectivity index (χ2n) is 4.34. The third kappa shape index (κ3) is 3.16. The molecule has 0 fully saturated rings. The van der Waals surface area contributed by atoms with E-state index in [4.69, 9.17) is 9.52 Å². The summed E-state index contributed by atoms with van der Waals surface area (Å²) in [7, 11) is 0. The fraction of sp³-hybridized carbons (Fsp3) is 0.125. The Morgan fingerprint density at radius 3 is 2.68 bits per heavy atom. The van der Waals surface area contributed by atoms with Crippen molar-refractivity contribution in [2.45, 2.75) is 6.42 Å². The second-order valence-corrected chi connectivity index (χ2v) is 4.34. The Morgan fingerprint density at radius 2 is 1.86 bits per heavy atom. The van der Waals surface area contributed by atoms with Crippen molar-refractivity contribution >= 4 is 0 Å². The number of aliphatic hydroxyl groups is 1. The van der Waals surface area contributed by atoms with Crippen LogP contribution in [-0.4, -0.2) is 31.9 Å².